The van der Waals surface area contributed by atoms with E-state index >= 15 is 0 Å². The van der Waals surface area contributed by atoms with Crippen LogP contribution in [0.2, 0.25) is 0 Å². The van der Waals surface area contributed by atoms with Gasteiger partial charge in [0.1, 0.15) is 0 Å². The molecule has 0 heterocycles. The van der Waals surface area contributed by atoms with Gasteiger partial charge >= 0.3 is 0 Å². The highest BCUT2D eigenvalue weighted by Gasteiger charge is 2.03. The van der Waals surface area contributed by atoms with E-state index in [0.717, 1.165) is 0 Å². The molecule has 0 aliphatic rings. The number of rotatable bonds is 6. The first kappa shape index (κ1) is 11.3. The van der Waals surface area contributed by atoms with Crippen molar-refractivity contribution in [2.75, 3.05) is 27.2 Å². The lowest BCUT2D eigenvalue weighted by Crippen LogP contribution is -2.22. The van der Waals surface area contributed by atoms with E-state index in [1.807, 2.05) is 12.1 Å². The molecule has 0 saturated carbocycles. The maximum atomic E-state index is 2.40. The van der Waals surface area contributed by atoms with Gasteiger partial charge in [0.15, 0.2) is 0 Å². The summed E-state index contributed by atoms with van der Waals surface area (Å²) in [5, 5.41) is 0. The number of nitrogens with zero attached hydrogens (tertiary/aromatic N) is 2. The Morgan fingerprint density at radius 2 is 1.45 bits per heavy atom. The molecule has 0 aliphatic carbocycles. The minimum absolute atomic E-state index is 1.19. The molecule has 0 rings (SSSR count). The second-order valence-corrected chi connectivity index (χ2v) is 4.23. The standard InChI is InChI=1S/C8H20N2S/c1-5-7-10(8-6-2)11-9(3)4/h5-8H2,1-4H3. The predicted molar refractivity (Wildman–Crippen MR) is 53.4 cm³/mol. The van der Waals surface area contributed by atoms with E-state index in [-0.39, 0.29) is 0 Å². The van der Waals surface area contributed by atoms with Crippen molar-refractivity contribution in [2.24, 2.45) is 0 Å². The third-order valence-corrected chi connectivity index (χ3v) is 2.15. The van der Waals surface area contributed by atoms with Crippen molar-refractivity contribution in [3.8, 4) is 0 Å². The fourth-order valence-corrected chi connectivity index (χ4v) is 1.91. The Morgan fingerprint density at radius 1 is 1.00 bits per heavy atom. The molecule has 0 saturated heterocycles. The molecule has 0 aromatic rings. The summed E-state index contributed by atoms with van der Waals surface area (Å²) < 4.78 is 4.55. The largest absolute Gasteiger partial charge is 0.243 e. The van der Waals surface area contributed by atoms with Crippen LogP contribution < -0.4 is 0 Å². The van der Waals surface area contributed by atoms with E-state index in [1.54, 1.807) is 0 Å². The van der Waals surface area contributed by atoms with Crippen LogP contribution in [0.3, 0.4) is 0 Å². The van der Waals surface area contributed by atoms with Crippen molar-refractivity contribution in [1.29, 1.82) is 0 Å². The van der Waals surface area contributed by atoms with Crippen molar-refractivity contribution in [1.82, 2.24) is 8.61 Å². The van der Waals surface area contributed by atoms with Crippen LogP contribution in [-0.4, -0.2) is 35.8 Å². The van der Waals surface area contributed by atoms with Gasteiger partial charge in [-0.1, -0.05) is 13.8 Å². The van der Waals surface area contributed by atoms with E-state index in [9.17, 15) is 0 Å². The predicted octanol–water partition coefficient (Wildman–Crippen LogP) is 2.23. The van der Waals surface area contributed by atoms with Gasteiger partial charge in [-0.2, -0.15) is 0 Å². The van der Waals surface area contributed by atoms with E-state index in [0.29, 0.717) is 0 Å². The zero-order valence-corrected chi connectivity index (χ0v) is 8.95. The summed E-state index contributed by atoms with van der Waals surface area (Å²) in [5.41, 5.74) is 0. The fourth-order valence-electron chi connectivity index (χ4n) is 0.923. The normalized spacial score (nSPS) is 11.5. The highest BCUT2D eigenvalue weighted by Crippen LogP contribution is 2.12. The van der Waals surface area contributed by atoms with Gasteiger partial charge in [-0.05, 0) is 26.9 Å². The maximum absolute atomic E-state index is 2.40. The second kappa shape index (κ2) is 6.95. The summed E-state index contributed by atoms with van der Waals surface area (Å²) in [6.45, 7) is 6.82. The van der Waals surface area contributed by atoms with Gasteiger partial charge in [0, 0.05) is 25.2 Å². The molecule has 0 aromatic carbocycles. The van der Waals surface area contributed by atoms with E-state index in [1.165, 1.54) is 25.9 Å². The lowest BCUT2D eigenvalue weighted by Gasteiger charge is -2.22. The first-order valence-electron chi connectivity index (χ1n) is 4.31. The highest BCUT2D eigenvalue weighted by atomic mass is 32.2. The van der Waals surface area contributed by atoms with Gasteiger partial charge in [-0.25, -0.2) is 8.61 Å². The Balaban J connectivity index is 3.50. The van der Waals surface area contributed by atoms with Crippen LogP contribution in [0.5, 0.6) is 0 Å². The molecule has 11 heavy (non-hydrogen) atoms. The van der Waals surface area contributed by atoms with Crippen LogP contribution in [0, 0.1) is 0 Å². The summed E-state index contributed by atoms with van der Waals surface area (Å²) in [7, 11) is 4.17. The molecule has 0 atom stereocenters. The average Bonchev–Trinajstić information content (AvgIpc) is 1.87. The first-order chi connectivity index (χ1) is 5.20. The molecule has 2 nitrogen and oxygen atoms in total. The van der Waals surface area contributed by atoms with Crippen molar-refractivity contribution in [3.05, 3.63) is 0 Å². The molecule has 0 amide bonds. The van der Waals surface area contributed by atoms with Crippen molar-refractivity contribution >= 4 is 12.1 Å². The highest BCUT2D eigenvalue weighted by molar-refractivity contribution is 7.94. The molecule has 68 valence electrons. The molecule has 3 heteroatoms. The molecular formula is C8H20N2S. The molecule has 0 spiro atoms. The van der Waals surface area contributed by atoms with E-state index in [2.05, 4.69) is 36.6 Å². The third kappa shape index (κ3) is 6.66. The Hall–Kier alpha value is 0.270. The zero-order chi connectivity index (χ0) is 8.69. The maximum Gasteiger partial charge on any atom is 0.00987 e. The Kier molecular flexibility index (Phi) is 7.12. The Morgan fingerprint density at radius 3 is 1.73 bits per heavy atom. The summed E-state index contributed by atoms with van der Waals surface area (Å²) in [5.74, 6) is 0. The monoisotopic (exact) mass is 176 g/mol. The van der Waals surface area contributed by atoms with E-state index in [4.69, 9.17) is 0 Å². The average molecular weight is 176 g/mol. The van der Waals surface area contributed by atoms with Gasteiger partial charge < -0.3 is 0 Å². The van der Waals surface area contributed by atoms with Crippen LogP contribution in [0.25, 0.3) is 0 Å². The number of hydrogen-bond donors (Lipinski definition) is 0. The van der Waals surface area contributed by atoms with Gasteiger partial charge in [-0.3, -0.25) is 0 Å². The van der Waals surface area contributed by atoms with Gasteiger partial charge in [0.2, 0.25) is 0 Å². The van der Waals surface area contributed by atoms with E-state index < -0.39 is 0 Å². The summed E-state index contributed by atoms with van der Waals surface area (Å²) in [6.07, 6.45) is 2.47. The molecule has 0 unspecified atom stereocenters. The third-order valence-electron chi connectivity index (χ3n) is 1.22. The minimum atomic E-state index is 1.19. The summed E-state index contributed by atoms with van der Waals surface area (Å²) >= 11 is 1.82. The summed E-state index contributed by atoms with van der Waals surface area (Å²) in [6, 6.07) is 0. The molecule has 0 bridgehead atoms. The second-order valence-electron chi connectivity index (χ2n) is 2.82. The van der Waals surface area contributed by atoms with Crippen LogP contribution in [-0.2, 0) is 0 Å². The van der Waals surface area contributed by atoms with Crippen molar-refractivity contribution in [3.63, 3.8) is 0 Å². The Labute approximate surface area is 75.2 Å². The zero-order valence-electron chi connectivity index (χ0n) is 8.13. The fraction of sp³-hybridized carbons (Fsp3) is 1.00. The van der Waals surface area contributed by atoms with Gasteiger partial charge in [0.25, 0.3) is 0 Å². The first-order valence-corrected chi connectivity index (χ1v) is 5.04. The van der Waals surface area contributed by atoms with Gasteiger partial charge in [0.05, 0.1) is 0 Å². The molecule has 0 radical (unpaired) electrons. The molecule has 0 aliphatic heterocycles. The molecule has 0 fully saturated rings. The van der Waals surface area contributed by atoms with Gasteiger partial charge in [-0.15, -0.1) is 0 Å². The number of hydrogen-bond acceptors (Lipinski definition) is 3. The SMILES string of the molecule is CCCN(CCC)SN(C)C. The quantitative estimate of drug-likeness (QED) is 0.573. The van der Waals surface area contributed by atoms with Crippen LogP contribution in [0.4, 0.5) is 0 Å². The van der Waals surface area contributed by atoms with Crippen LogP contribution >= 0.6 is 12.1 Å². The molecule has 0 N–H and O–H groups in total. The summed E-state index contributed by atoms with van der Waals surface area (Å²) in [4.78, 5) is 0. The molecule has 0 aromatic heterocycles. The lowest BCUT2D eigenvalue weighted by atomic mass is 10.4. The lowest BCUT2D eigenvalue weighted by molar-refractivity contribution is 0.449. The Bertz CT molecular complexity index is 80.2. The van der Waals surface area contributed by atoms with Crippen LogP contribution in [0.1, 0.15) is 26.7 Å². The smallest absolute Gasteiger partial charge is 0.00987 e. The minimum Gasteiger partial charge on any atom is -0.243 e. The topological polar surface area (TPSA) is 6.48 Å². The van der Waals surface area contributed by atoms with Crippen molar-refractivity contribution < 1.29 is 0 Å². The molecular weight excluding hydrogens is 156 g/mol. The van der Waals surface area contributed by atoms with Crippen molar-refractivity contribution in [2.45, 2.75) is 26.7 Å². The van der Waals surface area contributed by atoms with Crippen LogP contribution in [0.15, 0.2) is 0 Å².